The Hall–Kier alpha value is -2.05. The number of nitrogens with one attached hydrogen (secondary N) is 1. The highest BCUT2D eigenvalue weighted by Gasteiger charge is 2.09. The molecule has 7 nitrogen and oxygen atoms in total. The molecule has 0 fully saturated rings. The Morgan fingerprint density at radius 3 is 2.94 bits per heavy atom. The van der Waals surface area contributed by atoms with E-state index in [0.29, 0.717) is 37.6 Å². The van der Waals surface area contributed by atoms with Crippen molar-refractivity contribution >= 4 is 17.6 Å². The van der Waals surface area contributed by atoms with Crippen LogP contribution in [0, 0.1) is 0 Å². The lowest BCUT2D eigenvalue weighted by Gasteiger charge is -2.10. The zero-order chi connectivity index (χ0) is 13.4. The minimum atomic E-state index is -0.200. The molecule has 0 aliphatic heterocycles. The normalized spacial score (nSPS) is 9.89. The van der Waals surface area contributed by atoms with E-state index < -0.39 is 0 Å². The second-order valence-corrected chi connectivity index (χ2v) is 3.48. The average Bonchev–Trinajstić information content (AvgIpc) is 2.35. The van der Waals surface area contributed by atoms with Gasteiger partial charge in [0.1, 0.15) is 6.33 Å². The smallest absolute Gasteiger partial charge is 0.305 e. The molecule has 0 saturated carbocycles. The van der Waals surface area contributed by atoms with Crippen molar-refractivity contribution in [2.24, 2.45) is 0 Å². The molecule has 0 aliphatic carbocycles. The minimum Gasteiger partial charge on any atom is -0.490 e. The van der Waals surface area contributed by atoms with Crippen molar-refractivity contribution < 1.29 is 14.3 Å². The molecule has 18 heavy (non-hydrogen) atoms. The van der Waals surface area contributed by atoms with Crippen LogP contribution in [0.3, 0.4) is 0 Å². The molecule has 0 bridgehead atoms. The number of carbonyl (C=O) groups excluding carboxylic acids is 1. The molecule has 0 spiro atoms. The number of nitrogens with zero attached hydrogens (tertiary/aromatic N) is 2. The summed E-state index contributed by atoms with van der Waals surface area (Å²) < 4.78 is 9.91. The van der Waals surface area contributed by atoms with E-state index in [1.54, 1.807) is 6.92 Å². The minimum absolute atomic E-state index is 0.200. The maximum Gasteiger partial charge on any atom is 0.305 e. The molecule has 1 heterocycles. The molecule has 0 aliphatic rings. The van der Waals surface area contributed by atoms with Crippen LogP contribution < -0.4 is 15.8 Å². The fraction of sp³-hybridized carbons (Fsp3) is 0.545. The fourth-order valence-electron chi connectivity index (χ4n) is 1.39. The van der Waals surface area contributed by atoms with Crippen LogP contribution in [0.5, 0.6) is 5.75 Å². The number of nitrogens with two attached hydrogens (primary N) is 1. The molecule has 0 saturated heterocycles. The van der Waals surface area contributed by atoms with Crippen molar-refractivity contribution in [1.29, 1.82) is 0 Å². The second kappa shape index (κ2) is 7.31. The van der Waals surface area contributed by atoms with Gasteiger partial charge in [0.25, 0.3) is 0 Å². The predicted octanol–water partition coefficient (Wildman–Crippen LogP) is 0.823. The largest absolute Gasteiger partial charge is 0.490 e. The Morgan fingerprint density at radius 2 is 2.28 bits per heavy atom. The summed E-state index contributed by atoms with van der Waals surface area (Å²) in [7, 11) is 1.50. The molecule has 1 aromatic rings. The quantitative estimate of drug-likeness (QED) is 0.549. The number of hydrogen-bond acceptors (Lipinski definition) is 7. The Labute approximate surface area is 106 Å². The summed E-state index contributed by atoms with van der Waals surface area (Å²) in [5.41, 5.74) is 5.63. The van der Waals surface area contributed by atoms with Gasteiger partial charge < -0.3 is 20.5 Å². The Morgan fingerprint density at radius 1 is 1.50 bits per heavy atom. The molecule has 0 amide bonds. The summed E-state index contributed by atoms with van der Waals surface area (Å²) in [4.78, 5) is 19.0. The third-order valence-electron chi connectivity index (χ3n) is 2.19. The molecular weight excluding hydrogens is 236 g/mol. The van der Waals surface area contributed by atoms with Crippen LogP contribution in [-0.4, -0.2) is 36.2 Å². The number of carbonyl (C=O) groups is 1. The lowest BCUT2D eigenvalue weighted by molar-refractivity contribution is -0.143. The van der Waals surface area contributed by atoms with Crippen LogP contribution in [0.15, 0.2) is 6.33 Å². The highest BCUT2D eigenvalue weighted by atomic mass is 16.5. The third kappa shape index (κ3) is 4.08. The number of nitrogen functional groups attached to an aromatic ring is 1. The van der Waals surface area contributed by atoms with Crippen molar-refractivity contribution in [3.05, 3.63) is 6.33 Å². The first kappa shape index (κ1) is 14.0. The number of methoxy groups -OCH3 is 1. The number of rotatable bonds is 7. The van der Waals surface area contributed by atoms with E-state index in [4.69, 9.17) is 15.2 Å². The van der Waals surface area contributed by atoms with Crippen LogP contribution >= 0.6 is 0 Å². The van der Waals surface area contributed by atoms with Gasteiger partial charge in [0.2, 0.25) is 5.75 Å². The van der Waals surface area contributed by atoms with Crippen molar-refractivity contribution in [3.63, 3.8) is 0 Å². The molecule has 1 rings (SSSR count). The van der Waals surface area contributed by atoms with Crippen molar-refractivity contribution in [2.45, 2.75) is 19.8 Å². The average molecular weight is 254 g/mol. The number of esters is 1. The van der Waals surface area contributed by atoms with Crippen LogP contribution in [0.25, 0.3) is 0 Å². The number of hydrogen-bond donors (Lipinski definition) is 2. The Balaban J connectivity index is 2.40. The Bertz CT molecular complexity index is 398. The molecule has 0 aromatic carbocycles. The van der Waals surface area contributed by atoms with Gasteiger partial charge in [0, 0.05) is 13.0 Å². The monoisotopic (exact) mass is 254 g/mol. The summed E-state index contributed by atoms with van der Waals surface area (Å²) in [6, 6.07) is 0. The third-order valence-corrected chi connectivity index (χ3v) is 2.19. The van der Waals surface area contributed by atoms with E-state index in [1.807, 2.05) is 0 Å². The molecule has 0 unspecified atom stereocenters. The second-order valence-electron chi connectivity index (χ2n) is 3.48. The van der Waals surface area contributed by atoms with E-state index >= 15 is 0 Å². The Kier molecular flexibility index (Phi) is 5.69. The summed E-state index contributed by atoms with van der Waals surface area (Å²) in [5, 5.41) is 3.04. The van der Waals surface area contributed by atoms with Crippen molar-refractivity contribution in [1.82, 2.24) is 9.97 Å². The van der Waals surface area contributed by atoms with Crippen LogP contribution in [0.1, 0.15) is 19.8 Å². The van der Waals surface area contributed by atoms with Gasteiger partial charge in [0.15, 0.2) is 11.6 Å². The van der Waals surface area contributed by atoms with Gasteiger partial charge in [-0.2, -0.15) is 0 Å². The van der Waals surface area contributed by atoms with Gasteiger partial charge in [-0.1, -0.05) is 0 Å². The standard InChI is InChI=1S/C11H18N4O3/c1-3-18-8(16)5-4-6-13-11-9(17-2)10(12)14-7-15-11/h7H,3-6H2,1-2H3,(H3,12,13,14,15). The topological polar surface area (TPSA) is 99.4 Å². The number of ether oxygens (including phenoxy) is 2. The first-order chi connectivity index (χ1) is 8.69. The lowest BCUT2D eigenvalue weighted by atomic mass is 10.3. The van der Waals surface area contributed by atoms with Gasteiger partial charge in [-0.05, 0) is 13.3 Å². The highest BCUT2D eigenvalue weighted by Crippen LogP contribution is 2.25. The number of anilines is 2. The van der Waals surface area contributed by atoms with Gasteiger partial charge in [-0.15, -0.1) is 0 Å². The van der Waals surface area contributed by atoms with Gasteiger partial charge >= 0.3 is 5.97 Å². The molecular formula is C11H18N4O3. The van der Waals surface area contributed by atoms with Crippen LogP contribution in [-0.2, 0) is 9.53 Å². The SMILES string of the molecule is CCOC(=O)CCCNc1ncnc(N)c1OC. The first-order valence-corrected chi connectivity index (χ1v) is 5.73. The van der Waals surface area contributed by atoms with E-state index in [1.165, 1.54) is 13.4 Å². The summed E-state index contributed by atoms with van der Waals surface area (Å²) >= 11 is 0. The summed E-state index contributed by atoms with van der Waals surface area (Å²) in [6.07, 6.45) is 2.36. The van der Waals surface area contributed by atoms with E-state index in [2.05, 4.69) is 15.3 Å². The molecule has 3 N–H and O–H groups in total. The molecule has 1 aromatic heterocycles. The zero-order valence-electron chi connectivity index (χ0n) is 10.6. The zero-order valence-corrected chi connectivity index (χ0v) is 10.6. The van der Waals surface area contributed by atoms with Crippen molar-refractivity contribution in [3.8, 4) is 5.75 Å². The van der Waals surface area contributed by atoms with Gasteiger partial charge in [0.05, 0.1) is 13.7 Å². The van der Waals surface area contributed by atoms with E-state index in [-0.39, 0.29) is 11.8 Å². The van der Waals surface area contributed by atoms with Crippen LogP contribution in [0.2, 0.25) is 0 Å². The maximum absolute atomic E-state index is 11.1. The van der Waals surface area contributed by atoms with Crippen LogP contribution in [0.4, 0.5) is 11.6 Å². The molecule has 7 heteroatoms. The van der Waals surface area contributed by atoms with E-state index in [9.17, 15) is 4.79 Å². The maximum atomic E-state index is 11.1. The van der Waals surface area contributed by atoms with Crippen molar-refractivity contribution in [2.75, 3.05) is 31.3 Å². The summed E-state index contributed by atoms with van der Waals surface area (Å²) in [5.74, 6) is 1.01. The predicted molar refractivity (Wildman–Crippen MR) is 67.4 cm³/mol. The highest BCUT2D eigenvalue weighted by molar-refractivity contribution is 5.69. The summed E-state index contributed by atoms with van der Waals surface area (Å²) in [6.45, 7) is 2.76. The van der Waals surface area contributed by atoms with Gasteiger partial charge in [-0.3, -0.25) is 4.79 Å². The fourth-order valence-corrected chi connectivity index (χ4v) is 1.39. The molecule has 0 radical (unpaired) electrons. The number of aromatic nitrogens is 2. The first-order valence-electron chi connectivity index (χ1n) is 5.73. The van der Waals surface area contributed by atoms with E-state index in [0.717, 1.165) is 0 Å². The molecule has 0 atom stereocenters. The molecule has 100 valence electrons. The lowest BCUT2D eigenvalue weighted by Crippen LogP contribution is -2.10. The van der Waals surface area contributed by atoms with Gasteiger partial charge in [-0.25, -0.2) is 9.97 Å².